The highest BCUT2D eigenvalue weighted by Gasteiger charge is 2.24. The van der Waals surface area contributed by atoms with Crippen molar-refractivity contribution in [2.24, 2.45) is 12.1 Å². The third-order valence-corrected chi connectivity index (χ3v) is 5.18. The van der Waals surface area contributed by atoms with Gasteiger partial charge in [-0.1, -0.05) is 46.8 Å². The van der Waals surface area contributed by atoms with E-state index in [1.807, 2.05) is 38.2 Å². The van der Waals surface area contributed by atoms with Crippen LogP contribution in [0.25, 0.3) is 5.82 Å². The monoisotopic (exact) mass is 439 g/mol. The molecule has 3 aromatic heterocycles. The number of benzene rings is 1. The van der Waals surface area contributed by atoms with E-state index < -0.39 is 5.91 Å². The van der Waals surface area contributed by atoms with Gasteiger partial charge < -0.3 is 10.3 Å². The van der Waals surface area contributed by atoms with Crippen LogP contribution in [0.3, 0.4) is 0 Å². The molecule has 3 N–H and O–H groups in total. The molecule has 0 radical (unpaired) electrons. The molecule has 0 aliphatic carbocycles. The Labute approximate surface area is 179 Å². The molecule has 4 rings (SSSR count). The summed E-state index contributed by atoms with van der Waals surface area (Å²) in [5, 5.41) is 27.8. The summed E-state index contributed by atoms with van der Waals surface area (Å²) in [4.78, 5) is 12.7. The van der Waals surface area contributed by atoms with E-state index in [1.165, 1.54) is 22.7 Å². The summed E-state index contributed by atoms with van der Waals surface area (Å²) < 4.78 is 7.69. The van der Waals surface area contributed by atoms with Gasteiger partial charge in [0.1, 0.15) is 6.33 Å². The van der Waals surface area contributed by atoms with E-state index in [0.717, 1.165) is 11.1 Å². The molecule has 0 unspecified atom stereocenters. The highest BCUT2D eigenvalue weighted by atomic mass is 32.2. The molecule has 1 aromatic carbocycles. The number of nitrogens with one attached hydrogen (secondary N) is 1. The van der Waals surface area contributed by atoms with Crippen molar-refractivity contribution in [1.82, 2.24) is 45.5 Å². The SMILES string of the molecule is Cc1ccc(/C=N/NC(=O)c2nnn(-c3nonc3N)c2CSc2nncn2C)cc1. The zero-order valence-corrected chi connectivity index (χ0v) is 17.3. The fraction of sp³-hybridized carbons (Fsp3) is 0.176. The van der Waals surface area contributed by atoms with Crippen LogP contribution >= 0.6 is 11.8 Å². The minimum atomic E-state index is -0.543. The fourth-order valence-corrected chi connectivity index (χ4v) is 3.40. The average molecular weight is 439 g/mol. The number of hydrogen-bond acceptors (Lipinski definition) is 11. The molecule has 0 fully saturated rings. The number of hydrazone groups is 1. The first-order valence-corrected chi connectivity index (χ1v) is 9.91. The molecule has 0 aliphatic heterocycles. The number of carbonyl (C=O) groups excluding carboxylic acids is 1. The first kappa shape index (κ1) is 20.2. The van der Waals surface area contributed by atoms with Crippen LogP contribution in [0.4, 0.5) is 5.82 Å². The van der Waals surface area contributed by atoms with Crippen LogP contribution in [-0.2, 0) is 12.8 Å². The van der Waals surface area contributed by atoms with Crippen LogP contribution in [0.2, 0.25) is 0 Å². The molecule has 158 valence electrons. The van der Waals surface area contributed by atoms with Gasteiger partial charge >= 0.3 is 0 Å². The molecule has 0 spiro atoms. The number of thioether (sulfide) groups is 1. The number of rotatable bonds is 7. The van der Waals surface area contributed by atoms with Crippen molar-refractivity contribution in [3.63, 3.8) is 0 Å². The molecular formula is C17H17N11O2S. The maximum absolute atomic E-state index is 12.7. The van der Waals surface area contributed by atoms with Gasteiger partial charge in [-0.25, -0.2) is 10.1 Å². The van der Waals surface area contributed by atoms with Gasteiger partial charge in [0.05, 0.1) is 11.9 Å². The van der Waals surface area contributed by atoms with Crippen LogP contribution < -0.4 is 11.2 Å². The predicted octanol–water partition coefficient (Wildman–Crippen LogP) is 0.726. The Morgan fingerprint density at radius 3 is 2.77 bits per heavy atom. The first-order chi connectivity index (χ1) is 15.0. The lowest BCUT2D eigenvalue weighted by atomic mass is 10.2. The minimum Gasteiger partial charge on any atom is -0.378 e. The van der Waals surface area contributed by atoms with Crippen LogP contribution in [0, 0.1) is 6.92 Å². The summed E-state index contributed by atoms with van der Waals surface area (Å²) in [6.07, 6.45) is 3.11. The lowest BCUT2D eigenvalue weighted by Crippen LogP contribution is -2.20. The average Bonchev–Trinajstić information content (AvgIpc) is 3.47. The molecule has 13 nitrogen and oxygen atoms in total. The number of aryl methyl sites for hydroxylation is 2. The van der Waals surface area contributed by atoms with E-state index in [9.17, 15) is 4.79 Å². The number of carbonyl (C=O) groups is 1. The largest absolute Gasteiger partial charge is 0.378 e. The quantitative estimate of drug-likeness (QED) is 0.238. The molecule has 14 heteroatoms. The zero-order chi connectivity index (χ0) is 21.8. The first-order valence-electron chi connectivity index (χ1n) is 8.93. The number of amides is 1. The number of aromatic nitrogens is 8. The predicted molar refractivity (Wildman–Crippen MR) is 110 cm³/mol. The van der Waals surface area contributed by atoms with E-state index in [2.05, 4.69) is 46.0 Å². The van der Waals surface area contributed by atoms with Crippen molar-refractivity contribution in [3.8, 4) is 5.82 Å². The smallest absolute Gasteiger partial charge is 0.293 e. The molecular weight excluding hydrogens is 422 g/mol. The van der Waals surface area contributed by atoms with Gasteiger partial charge in [0.15, 0.2) is 10.9 Å². The van der Waals surface area contributed by atoms with Gasteiger partial charge in [0.2, 0.25) is 11.6 Å². The van der Waals surface area contributed by atoms with Crippen molar-refractivity contribution < 1.29 is 9.42 Å². The second kappa shape index (κ2) is 8.74. The van der Waals surface area contributed by atoms with E-state index in [-0.39, 0.29) is 23.1 Å². The van der Waals surface area contributed by atoms with Crippen LogP contribution in [0.1, 0.15) is 27.3 Å². The van der Waals surface area contributed by atoms with E-state index in [4.69, 9.17) is 5.73 Å². The second-order valence-electron chi connectivity index (χ2n) is 6.39. The Bertz CT molecular complexity index is 1230. The lowest BCUT2D eigenvalue weighted by Gasteiger charge is -2.05. The van der Waals surface area contributed by atoms with Crippen LogP contribution in [-0.4, -0.2) is 52.2 Å². The summed E-state index contributed by atoms with van der Waals surface area (Å²) >= 11 is 1.33. The molecule has 0 saturated heterocycles. The van der Waals surface area contributed by atoms with Crippen molar-refractivity contribution in [2.75, 3.05) is 5.73 Å². The molecule has 0 atom stereocenters. The third kappa shape index (κ3) is 4.42. The van der Waals surface area contributed by atoms with Gasteiger partial charge in [-0.2, -0.15) is 9.78 Å². The second-order valence-corrected chi connectivity index (χ2v) is 7.34. The Balaban J connectivity index is 1.57. The van der Waals surface area contributed by atoms with E-state index in [1.54, 1.807) is 10.9 Å². The molecule has 0 saturated carbocycles. The Morgan fingerprint density at radius 2 is 2.10 bits per heavy atom. The molecule has 1 amide bonds. The Morgan fingerprint density at radius 1 is 1.29 bits per heavy atom. The van der Waals surface area contributed by atoms with Crippen LogP contribution in [0.15, 0.2) is 45.5 Å². The van der Waals surface area contributed by atoms with E-state index in [0.29, 0.717) is 10.9 Å². The summed E-state index contributed by atoms with van der Waals surface area (Å²) in [7, 11) is 1.81. The van der Waals surface area contributed by atoms with Gasteiger partial charge in [0.25, 0.3) is 5.91 Å². The van der Waals surface area contributed by atoms with Gasteiger partial charge in [-0.3, -0.25) is 4.79 Å². The zero-order valence-electron chi connectivity index (χ0n) is 16.5. The Hall–Kier alpha value is -4.07. The van der Waals surface area contributed by atoms with Crippen LogP contribution in [0.5, 0.6) is 0 Å². The summed E-state index contributed by atoms with van der Waals surface area (Å²) in [6.45, 7) is 1.99. The standard InChI is InChI=1S/C17H17N11O2S/c1-10-3-5-11(6-4-10)7-19-22-16(29)13-12(8-31-17-23-20-9-27(17)2)28(26-21-13)15-14(18)24-30-25-15/h3-7,9H,8H2,1-2H3,(H2,18,24)(H,22,29)/b19-7+. The molecule has 0 aliphatic rings. The molecule has 31 heavy (non-hydrogen) atoms. The molecule has 4 aromatic rings. The van der Waals surface area contributed by atoms with Crippen molar-refractivity contribution in [1.29, 1.82) is 0 Å². The number of nitrogen functional groups attached to an aromatic ring is 1. The molecule has 0 bridgehead atoms. The number of nitrogens with zero attached hydrogens (tertiary/aromatic N) is 9. The summed E-state index contributed by atoms with van der Waals surface area (Å²) in [5.41, 5.74) is 10.7. The fourth-order valence-electron chi connectivity index (χ4n) is 2.52. The summed E-state index contributed by atoms with van der Waals surface area (Å²) in [6, 6.07) is 7.69. The topological polar surface area (TPSA) is 168 Å². The maximum atomic E-state index is 12.7. The van der Waals surface area contributed by atoms with Crippen molar-refractivity contribution in [3.05, 3.63) is 53.1 Å². The van der Waals surface area contributed by atoms with Crippen molar-refractivity contribution >= 4 is 29.7 Å². The highest BCUT2D eigenvalue weighted by molar-refractivity contribution is 7.98. The normalized spacial score (nSPS) is 11.3. The summed E-state index contributed by atoms with van der Waals surface area (Å²) in [5.74, 6) is -0.128. The van der Waals surface area contributed by atoms with E-state index >= 15 is 0 Å². The van der Waals surface area contributed by atoms with Crippen molar-refractivity contribution in [2.45, 2.75) is 17.8 Å². The number of hydrogen-bond donors (Lipinski definition) is 2. The Kier molecular flexibility index (Phi) is 5.70. The lowest BCUT2D eigenvalue weighted by molar-refractivity contribution is 0.0949. The minimum absolute atomic E-state index is 0.0131. The van der Waals surface area contributed by atoms with Gasteiger partial charge in [-0.15, -0.1) is 15.3 Å². The third-order valence-electron chi connectivity index (χ3n) is 4.14. The van der Waals surface area contributed by atoms with Gasteiger partial charge in [-0.05, 0) is 22.8 Å². The maximum Gasteiger partial charge on any atom is 0.293 e. The molecule has 3 heterocycles. The number of nitrogens with two attached hydrogens (primary N) is 1. The van der Waals surface area contributed by atoms with Gasteiger partial charge in [0, 0.05) is 12.8 Å². The highest BCUT2D eigenvalue weighted by Crippen LogP contribution is 2.24. The number of anilines is 1.